The first kappa shape index (κ1) is 15.6. The van der Waals surface area contributed by atoms with Gasteiger partial charge in [-0.25, -0.2) is 0 Å². The van der Waals surface area contributed by atoms with Crippen LogP contribution in [0.25, 0.3) is 11.5 Å². The Morgan fingerprint density at radius 3 is 2.64 bits per heavy atom. The van der Waals surface area contributed by atoms with Gasteiger partial charge in [0, 0.05) is 23.1 Å². The molecule has 0 bridgehead atoms. The van der Waals surface area contributed by atoms with Crippen LogP contribution in [0.5, 0.6) is 0 Å². The highest BCUT2D eigenvalue weighted by atomic mass is 79.9. The van der Waals surface area contributed by atoms with E-state index in [2.05, 4.69) is 26.1 Å². The van der Waals surface area contributed by atoms with Gasteiger partial charge < -0.3 is 9.32 Å². The van der Waals surface area contributed by atoms with Gasteiger partial charge in [-0.15, -0.1) is 10.2 Å². The number of hydrogen-bond donors (Lipinski definition) is 0. The lowest BCUT2D eigenvalue weighted by atomic mass is 10.2. The molecule has 3 rings (SSSR count). The summed E-state index contributed by atoms with van der Waals surface area (Å²) in [6, 6.07) is 7.66. The monoisotopic (exact) mass is 381 g/mol. The van der Waals surface area contributed by atoms with Gasteiger partial charge in [-0.3, -0.25) is 4.79 Å². The zero-order valence-corrected chi connectivity index (χ0v) is 14.6. The van der Waals surface area contributed by atoms with Crippen LogP contribution in [-0.4, -0.2) is 39.3 Å². The Kier molecular flexibility index (Phi) is 4.83. The van der Waals surface area contributed by atoms with Gasteiger partial charge in [0.2, 0.25) is 11.8 Å². The number of benzene rings is 1. The number of carbonyl (C=O) groups excluding carboxylic acids is 1. The SMILES string of the molecule is CC(Sc1nnc(-c2ccc(Br)cc2)o1)C(=O)N1CCCC1. The summed E-state index contributed by atoms with van der Waals surface area (Å²) in [6.45, 7) is 3.60. The van der Waals surface area contributed by atoms with E-state index in [0.29, 0.717) is 11.1 Å². The third-order valence-corrected chi connectivity index (χ3v) is 4.99. The Balaban J connectivity index is 1.66. The average molecular weight is 382 g/mol. The Morgan fingerprint density at radius 1 is 1.27 bits per heavy atom. The van der Waals surface area contributed by atoms with Gasteiger partial charge >= 0.3 is 0 Å². The minimum atomic E-state index is -0.212. The first-order valence-corrected chi connectivity index (χ1v) is 8.85. The minimum absolute atomic E-state index is 0.144. The summed E-state index contributed by atoms with van der Waals surface area (Å²) in [7, 11) is 0. The van der Waals surface area contributed by atoms with Crippen molar-refractivity contribution in [3.8, 4) is 11.5 Å². The molecule has 0 saturated carbocycles. The van der Waals surface area contributed by atoms with Crippen molar-refractivity contribution < 1.29 is 9.21 Å². The van der Waals surface area contributed by atoms with Gasteiger partial charge in [-0.1, -0.05) is 27.7 Å². The molecule has 5 nitrogen and oxygen atoms in total. The number of hydrogen-bond acceptors (Lipinski definition) is 5. The van der Waals surface area contributed by atoms with Crippen LogP contribution in [0.15, 0.2) is 38.4 Å². The molecule has 2 heterocycles. The molecular formula is C15H16BrN3O2S. The normalized spacial score (nSPS) is 16.0. The highest BCUT2D eigenvalue weighted by molar-refractivity contribution is 9.10. The third kappa shape index (κ3) is 3.52. The highest BCUT2D eigenvalue weighted by Gasteiger charge is 2.25. The van der Waals surface area contributed by atoms with E-state index in [1.807, 2.05) is 36.1 Å². The van der Waals surface area contributed by atoms with Crippen LogP contribution in [-0.2, 0) is 4.79 Å². The fourth-order valence-electron chi connectivity index (χ4n) is 2.36. The second-order valence-corrected chi connectivity index (χ2v) is 7.38. The Morgan fingerprint density at radius 2 is 1.95 bits per heavy atom. The zero-order valence-electron chi connectivity index (χ0n) is 12.2. The lowest BCUT2D eigenvalue weighted by Gasteiger charge is -2.18. The fraction of sp³-hybridized carbons (Fsp3) is 0.400. The molecule has 1 amide bonds. The average Bonchev–Trinajstić information content (AvgIpc) is 3.18. The summed E-state index contributed by atoms with van der Waals surface area (Å²) < 4.78 is 6.64. The molecule has 1 aliphatic heterocycles. The molecule has 0 spiro atoms. The standard InChI is InChI=1S/C15H16BrN3O2S/c1-10(14(20)19-8-2-3-9-19)22-15-18-17-13(21-15)11-4-6-12(16)7-5-11/h4-7,10H,2-3,8-9H2,1H3. The quantitative estimate of drug-likeness (QED) is 0.757. The molecule has 1 unspecified atom stereocenters. The number of thioether (sulfide) groups is 1. The number of likely N-dealkylation sites (tertiary alicyclic amines) is 1. The van der Waals surface area contributed by atoms with Crippen molar-refractivity contribution in [3.63, 3.8) is 0 Å². The minimum Gasteiger partial charge on any atom is -0.411 e. The van der Waals surface area contributed by atoms with Gasteiger partial charge in [0.25, 0.3) is 5.22 Å². The predicted molar refractivity (Wildman–Crippen MR) is 88.6 cm³/mol. The fourth-order valence-corrected chi connectivity index (χ4v) is 3.39. The van der Waals surface area contributed by atoms with Crippen LogP contribution in [0.4, 0.5) is 0 Å². The molecule has 22 heavy (non-hydrogen) atoms. The second kappa shape index (κ2) is 6.83. The van der Waals surface area contributed by atoms with Crippen LogP contribution in [0.2, 0.25) is 0 Å². The number of amides is 1. The molecule has 1 saturated heterocycles. The van der Waals surface area contributed by atoms with Crippen molar-refractivity contribution in [1.82, 2.24) is 15.1 Å². The molecule has 1 aliphatic rings. The Bertz CT molecular complexity index is 653. The maximum Gasteiger partial charge on any atom is 0.277 e. The van der Waals surface area contributed by atoms with Gasteiger partial charge in [0.15, 0.2) is 0 Å². The second-order valence-electron chi connectivity index (χ2n) is 5.17. The number of halogens is 1. The van der Waals surface area contributed by atoms with Gasteiger partial charge in [-0.05, 0) is 44.0 Å². The molecule has 0 radical (unpaired) electrons. The van der Waals surface area contributed by atoms with E-state index < -0.39 is 0 Å². The van der Waals surface area contributed by atoms with E-state index in [4.69, 9.17) is 4.42 Å². The predicted octanol–water partition coefficient (Wildman–Crippen LogP) is 3.60. The van der Waals surface area contributed by atoms with Crippen LogP contribution < -0.4 is 0 Å². The smallest absolute Gasteiger partial charge is 0.277 e. The largest absolute Gasteiger partial charge is 0.411 e. The van der Waals surface area contributed by atoms with Crippen LogP contribution in [0.3, 0.4) is 0 Å². The highest BCUT2D eigenvalue weighted by Crippen LogP contribution is 2.28. The van der Waals surface area contributed by atoms with Gasteiger partial charge in [0.05, 0.1) is 5.25 Å². The Hall–Kier alpha value is -1.34. The van der Waals surface area contributed by atoms with Crippen molar-refractivity contribution in [2.45, 2.75) is 30.2 Å². The van der Waals surface area contributed by atoms with E-state index in [1.54, 1.807) is 0 Å². The topological polar surface area (TPSA) is 59.2 Å². The summed E-state index contributed by atoms with van der Waals surface area (Å²) in [6.07, 6.45) is 2.19. The van der Waals surface area contributed by atoms with Crippen molar-refractivity contribution in [3.05, 3.63) is 28.7 Å². The zero-order chi connectivity index (χ0) is 15.5. The van der Waals surface area contributed by atoms with E-state index in [-0.39, 0.29) is 11.2 Å². The van der Waals surface area contributed by atoms with Crippen LogP contribution in [0.1, 0.15) is 19.8 Å². The molecule has 1 aromatic carbocycles. The molecule has 1 atom stereocenters. The molecule has 0 N–H and O–H groups in total. The Labute approximate surface area is 141 Å². The molecule has 1 aromatic heterocycles. The number of carbonyl (C=O) groups is 1. The molecule has 0 aliphatic carbocycles. The van der Waals surface area contributed by atoms with Crippen LogP contribution in [0, 0.1) is 0 Å². The molecule has 2 aromatic rings. The summed E-state index contributed by atoms with van der Waals surface area (Å²) in [4.78, 5) is 14.2. The number of nitrogens with zero attached hydrogens (tertiary/aromatic N) is 3. The summed E-state index contributed by atoms with van der Waals surface area (Å²) in [5, 5.41) is 8.29. The van der Waals surface area contributed by atoms with Crippen molar-refractivity contribution in [2.75, 3.05) is 13.1 Å². The van der Waals surface area contributed by atoms with Crippen molar-refractivity contribution >= 4 is 33.6 Å². The first-order valence-electron chi connectivity index (χ1n) is 7.18. The summed E-state index contributed by atoms with van der Waals surface area (Å²) >= 11 is 4.71. The maximum atomic E-state index is 12.3. The lowest BCUT2D eigenvalue weighted by Crippen LogP contribution is -2.34. The summed E-state index contributed by atoms with van der Waals surface area (Å²) in [5.41, 5.74) is 0.862. The van der Waals surface area contributed by atoms with Crippen molar-refractivity contribution in [2.24, 2.45) is 0 Å². The van der Waals surface area contributed by atoms with Crippen LogP contribution >= 0.6 is 27.7 Å². The number of aromatic nitrogens is 2. The van der Waals surface area contributed by atoms with E-state index in [9.17, 15) is 4.79 Å². The van der Waals surface area contributed by atoms with E-state index in [1.165, 1.54) is 11.8 Å². The molecule has 116 valence electrons. The van der Waals surface area contributed by atoms with Gasteiger partial charge in [-0.2, -0.15) is 0 Å². The molecule has 7 heteroatoms. The molecular weight excluding hydrogens is 366 g/mol. The molecule has 1 fully saturated rings. The maximum absolute atomic E-state index is 12.3. The number of rotatable bonds is 4. The van der Waals surface area contributed by atoms with E-state index >= 15 is 0 Å². The third-order valence-electron chi connectivity index (χ3n) is 3.54. The summed E-state index contributed by atoms with van der Waals surface area (Å²) in [5.74, 6) is 0.613. The van der Waals surface area contributed by atoms with E-state index in [0.717, 1.165) is 36.0 Å². The first-order chi connectivity index (χ1) is 10.6. The van der Waals surface area contributed by atoms with Gasteiger partial charge in [0.1, 0.15) is 0 Å². The van der Waals surface area contributed by atoms with Crippen molar-refractivity contribution in [1.29, 1.82) is 0 Å². The lowest BCUT2D eigenvalue weighted by molar-refractivity contribution is -0.129.